The number of carbonyl (C=O) groups is 1. The van der Waals surface area contributed by atoms with E-state index in [1.165, 1.54) is 12.3 Å². The Morgan fingerprint density at radius 2 is 2.33 bits per heavy atom. The maximum Gasteiger partial charge on any atom is 0.410 e. The van der Waals surface area contributed by atoms with Gasteiger partial charge in [-0.2, -0.15) is 0 Å². The summed E-state index contributed by atoms with van der Waals surface area (Å²) in [5.74, 6) is 0. The van der Waals surface area contributed by atoms with E-state index in [-0.39, 0.29) is 0 Å². The van der Waals surface area contributed by atoms with Gasteiger partial charge in [0.1, 0.15) is 0 Å². The van der Waals surface area contributed by atoms with Crippen molar-refractivity contribution in [1.82, 2.24) is 5.32 Å². The minimum atomic E-state index is -0.582. The van der Waals surface area contributed by atoms with Gasteiger partial charge < -0.3 is 9.47 Å². The minimum absolute atomic E-state index is 0.323. The van der Waals surface area contributed by atoms with Gasteiger partial charge in [0.15, 0.2) is 6.23 Å². The first-order valence-corrected chi connectivity index (χ1v) is 3.56. The number of hydrogen-bond acceptors (Lipinski definition) is 3. The average molecular weight is 171 g/mol. The van der Waals surface area contributed by atoms with Crippen LogP contribution in [-0.4, -0.2) is 18.9 Å². The fourth-order valence-electron chi connectivity index (χ4n) is 0.541. The third-order valence-electron chi connectivity index (χ3n) is 0.992. The van der Waals surface area contributed by atoms with Gasteiger partial charge in [0.05, 0.1) is 12.9 Å². The summed E-state index contributed by atoms with van der Waals surface area (Å²) < 4.78 is 9.45. The van der Waals surface area contributed by atoms with Crippen molar-refractivity contribution in [3.8, 4) is 0 Å². The number of hydrogen-bond donors (Lipinski definition) is 1. The zero-order chi connectivity index (χ0) is 9.40. The Labute approximate surface area is 71.9 Å². The molecule has 0 fully saturated rings. The van der Waals surface area contributed by atoms with Crippen LogP contribution in [0.15, 0.2) is 25.5 Å². The lowest BCUT2D eigenvalue weighted by Gasteiger charge is -2.12. The van der Waals surface area contributed by atoms with Crippen LogP contribution in [0.5, 0.6) is 0 Å². The van der Waals surface area contributed by atoms with E-state index in [1.807, 2.05) is 0 Å². The van der Waals surface area contributed by atoms with E-state index in [4.69, 9.17) is 4.74 Å². The summed E-state index contributed by atoms with van der Waals surface area (Å²) in [5, 5.41) is 2.40. The predicted molar refractivity (Wildman–Crippen MR) is 45.4 cm³/mol. The third-order valence-corrected chi connectivity index (χ3v) is 0.992. The molecule has 0 rings (SSSR count). The van der Waals surface area contributed by atoms with E-state index < -0.39 is 12.3 Å². The Balaban J connectivity index is 3.76. The van der Waals surface area contributed by atoms with Crippen molar-refractivity contribution in [2.45, 2.75) is 13.2 Å². The van der Waals surface area contributed by atoms with E-state index in [9.17, 15) is 4.79 Å². The lowest BCUT2D eigenvalue weighted by molar-refractivity contribution is 0.112. The summed E-state index contributed by atoms with van der Waals surface area (Å²) in [4.78, 5) is 10.8. The standard InChI is InChI=1S/C8H13NO3/c1-4-7(11-5-2)9-8(10)12-6-3/h4-5,7H,1-2,6H2,3H3,(H,9,10). The van der Waals surface area contributed by atoms with E-state index in [2.05, 4.69) is 23.2 Å². The number of rotatable bonds is 5. The smallest absolute Gasteiger partial charge is 0.410 e. The zero-order valence-electron chi connectivity index (χ0n) is 7.08. The Morgan fingerprint density at radius 1 is 1.67 bits per heavy atom. The fourth-order valence-corrected chi connectivity index (χ4v) is 0.541. The van der Waals surface area contributed by atoms with Crippen molar-refractivity contribution < 1.29 is 14.3 Å². The highest BCUT2D eigenvalue weighted by molar-refractivity contribution is 5.67. The van der Waals surface area contributed by atoms with Gasteiger partial charge >= 0.3 is 6.09 Å². The Bertz CT molecular complexity index is 168. The summed E-state index contributed by atoms with van der Waals surface area (Å²) in [6.45, 7) is 8.83. The molecule has 12 heavy (non-hydrogen) atoms. The predicted octanol–water partition coefficient (Wildman–Crippen LogP) is 1.40. The molecular formula is C8H13NO3. The lowest BCUT2D eigenvalue weighted by atomic mass is 10.5. The van der Waals surface area contributed by atoms with Gasteiger partial charge in [0.2, 0.25) is 0 Å². The first-order chi connectivity index (χ1) is 5.74. The van der Waals surface area contributed by atoms with E-state index in [1.54, 1.807) is 6.92 Å². The topological polar surface area (TPSA) is 47.6 Å². The maximum absolute atomic E-state index is 10.8. The quantitative estimate of drug-likeness (QED) is 0.386. The summed E-state index contributed by atoms with van der Waals surface area (Å²) in [6, 6.07) is 0. The molecule has 1 unspecified atom stereocenters. The fraction of sp³-hybridized carbons (Fsp3) is 0.375. The molecule has 0 saturated carbocycles. The van der Waals surface area contributed by atoms with Gasteiger partial charge in [0, 0.05) is 0 Å². The second-order valence-electron chi connectivity index (χ2n) is 1.82. The van der Waals surface area contributed by atoms with Crippen LogP contribution < -0.4 is 5.32 Å². The molecule has 0 aliphatic heterocycles. The highest BCUT2D eigenvalue weighted by Gasteiger charge is 2.07. The van der Waals surface area contributed by atoms with Gasteiger partial charge in [-0.15, -0.1) is 0 Å². The van der Waals surface area contributed by atoms with E-state index in [0.717, 1.165) is 0 Å². The monoisotopic (exact) mass is 171 g/mol. The maximum atomic E-state index is 10.8. The molecule has 0 radical (unpaired) electrons. The van der Waals surface area contributed by atoms with Gasteiger partial charge in [-0.05, 0) is 13.0 Å². The van der Waals surface area contributed by atoms with Crippen molar-refractivity contribution in [2.75, 3.05) is 6.61 Å². The molecule has 68 valence electrons. The van der Waals surface area contributed by atoms with Gasteiger partial charge in [0.25, 0.3) is 0 Å². The summed E-state index contributed by atoms with van der Waals surface area (Å²) in [7, 11) is 0. The number of amides is 1. The molecule has 1 amide bonds. The molecule has 4 nitrogen and oxygen atoms in total. The summed E-state index contributed by atoms with van der Waals surface area (Å²) in [5.41, 5.74) is 0. The largest absolute Gasteiger partial charge is 0.475 e. The van der Waals surface area contributed by atoms with Crippen LogP contribution in [0.3, 0.4) is 0 Å². The molecule has 0 heterocycles. The SMILES string of the molecule is C=COC(C=C)NC(=O)OCC. The van der Waals surface area contributed by atoms with Crippen LogP contribution in [-0.2, 0) is 9.47 Å². The Hall–Kier alpha value is -1.45. The highest BCUT2D eigenvalue weighted by atomic mass is 16.6. The minimum Gasteiger partial charge on any atom is -0.475 e. The molecule has 0 aromatic rings. The van der Waals surface area contributed by atoms with E-state index in [0.29, 0.717) is 6.61 Å². The summed E-state index contributed by atoms with van der Waals surface area (Å²) >= 11 is 0. The van der Waals surface area contributed by atoms with Crippen molar-refractivity contribution in [3.05, 3.63) is 25.5 Å². The average Bonchev–Trinajstić information content (AvgIpc) is 2.04. The molecule has 0 spiro atoms. The second kappa shape index (κ2) is 6.27. The molecule has 1 N–H and O–H groups in total. The van der Waals surface area contributed by atoms with Crippen LogP contribution in [0.2, 0.25) is 0 Å². The second-order valence-corrected chi connectivity index (χ2v) is 1.82. The Kier molecular flexibility index (Phi) is 5.51. The molecule has 0 aromatic heterocycles. The van der Waals surface area contributed by atoms with Gasteiger partial charge in [-0.25, -0.2) is 4.79 Å². The van der Waals surface area contributed by atoms with Crippen LogP contribution in [0.25, 0.3) is 0 Å². The van der Waals surface area contributed by atoms with Crippen LogP contribution in [0.1, 0.15) is 6.92 Å². The molecule has 0 aliphatic rings. The molecular weight excluding hydrogens is 158 g/mol. The highest BCUT2D eigenvalue weighted by Crippen LogP contribution is 1.90. The van der Waals surface area contributed by atoms with Crippen molar-refractivity contribution in [2.24, 2.45) is 0 Å². The molecule has 4 heteroatoms. The molecule has 0 aromatic carbocycles. The first-order valence-electron chi connectivity index (χ1n) is 3.56. The molecule has 1 atom stereocenters. The normalized spacial score (nSPS) is 11.1. The summed E-state index contributed by atoms with van der Waals surface area (Å²) in [6.07, 6.45) is 1.53. The molecule has 0 saturated heterocycles. The van der Waals surface area contributed by atoms with Crippen LogP contribution >= 0.6 is 0 Å². The molecule has 0 aliphatic carbocycles. The number of alkyl carbamates (subject to hydrolysis) is 1. The third kappa shape index (κ3) is 4.38. The van der Waals surface area contributed by atoms with E-state index >= 15 is 0 Å². The number of carbonyl (C=O) groups excluding carboxylic acids is 1. The van der Waals surface area contributed by atoms with Gasteiger partial charge in [-0.1, -0.05) is 13.2 Å². The first kappa shape index (κ1) is 10.6. The van der Waals surface area contributed by atoms with Crippen molar-refractivity contribution in [3.63, 3.8) is 0 Å². The number of nitrogens with one attached hydrogen (secondary N) is 1. The number of ether oxygens (including phenoxy) is 2. The lowest BCUT2D eigenvalue weighted by Crippen LogP contribution is -2.34. The Morgan fingerprint density at radius 3 is 2.75 bits per heavy atom. The zero-order valence-corrected chi connectivity index (χ0v) is 7.08. The van der Waals surface area contributed by atoms with Gasteiger partial charge in [-0.3, -0.25) is 5.32 Å². The van der Waals surface area contributed by atoms with Crippen LogP contribution in [0, 0.1) is 0 Å². The van der Waals surface area contributed by atoms with Crippen molar-refractivity contribution in [1.29, 1.82) is 0 Å². The van der Waals surface area contributed by atoms with Crippen LogP contribution in [0.4, 0.5) is 4.79 Å². The molecule has 0 bridgehead atoms. The van der Waals surface area contributed by atoms with Crippen molar-refractivity contribution >= 4 is 6.09 Å².